The highest BCUT2D eigenvalue weighted by Crippen LogP contribution is 2.28. The molecule has 0 aliphatic rings. The fraction of sp³-hybridized carbons (Fsp3) is 0.793. The Morgan fingerprint density at radius 3 is 1.24 bits per heavy atom. The number of carbonyl (C=O) groups is 5. The Kier molecular flexibility index (Phi) is 52.4. The minimum Gasteiger partial charge on any atom is -0.399 e. The molecule has 0 saturated carbocycles. The number of hydrogen-bond acceptors (Lipinski definition) is 11. The van der Waals surface area contributed by atoms with Crippen LogP contribution in [0, 0.1) is 65.1 Å². The molecule has 0 saturated heterocycles. The van der Waals surface area contributed by atoms with Gasteiger partial charge in [-0.05, 0) is 154 Å². The molecule has 0 aromatic carbocycles. The lowest BCUT2D eigenvalue weighted by Crippen LogP contribution is -2.31. The van der Waals surface area contributed by atoms with E-state index in [1.165, 1.54) is 20.1 Å². The Bertz CT molecular complexity index is 1570. The van der Waals surface area contributed by atoms with Gasteiger partial charge in [-0.15, -0.1) is 0 Å². The Morgan fingerprint density at radius 2 is 0.943 bits per heavy atom. The lowest BCUT2D eigenvalue weighted by Gasteiger charge is -2.25. The molecule has 0 aromatic heterocycles. The molecule has 0 bridgehead atoms. The number of aliphatic imine (C=N–C) groups is 1. The van der Waals surface area contributed by atoms with Crippen LogP contribution in [0.4, 0.5) is 0 Å². The van der Waals surface area contributed by atoms with Crippen molar-refractivity contribution >= 4 is 47.7 Å². The van der Waals surface area contributed by atoms with Crippen LogP contribution in [0.1, 0.15) is 217 Å². The maximum atomic E-state index is 11.5. The van der Waals surface area contributed by atoms with Crippen LogP contribution < -0.4 is 5.73 Å². The molecular weight excluding hydrogens is 881 g/mol. The predicted molar refractivity (Wildman–Crippen MR) is 305 cm³/mol. The van der Waals surface area contributed by atoms with Gasteiger partial charge in [-0.1, -0.05) is 140 Å². The van der Waals surface area contributed by atoms with E-state index < -0.39 is 18.9 Å². The van der Waals surface area contributed by atoms with Crippen molar-refractivity contribution < 1.29 is 42.9 Å². The van der Waals surface area contributed by atoms with E-state index in [0.717, 1.165) is 44.6 Å². The van der Waals surface area contributed by atoms with E-state index in [2.05, 4.69) is 75.5 Å². The average molecular weight is 1000 g/mol. The first kappa shape index (κ1) is 75.1. The monoisotopic (exact) mass is 1000 g/mol. The third kappa shape index (κ3) is 41.9. The zero-order chi connectivity index (χ0) is 54.7. The molecule has 3 N–H and O–H groups in total. The summed E-state index contributed by atoms with van der Waals surface area (Å²) in [6, 6.07) is 0. The molecule has 12 atom stereocenters. The van der Waals surface area contributed by atoms with Crippen LogP contribution in [0.3, 0.4) is 0 Å². The van der Waals surface area contributed by atoms with Crippen molar-refractivity contribution in [3.8, 4) is 0 Å². The second-order valence-electron chi connectivity index (χ2n) is 19.2. The number of rotatable bonds is 29. The van der Waals surface area contributed by atoms with E-state index >= 15 is 0 Å². The zero-order valence-corrected chi connectivity index (χ0v) is 45.1. The SMILES string of the molecule is C.C.C.C.CC[C@H](C(C)=O)C(C)[C@H](C)C/C=N/OC(C)(C)C.CC[C@H](C(C)=O)C(C)[C@H](C)C/C=N\OC.CC[C@H](C(C)=O)C(C)[C@H](C)CC=NCC(N)=O.[2H]C([2H])([2H])C=CC=CC[C@@H](C)C(O)[C@H](CC)C(C)=O. The van der Waals surface area contributed by atoms with Crippen LogP contribution in [0.5, 0.6) is 0 Å². The number of primary amides is 1. The van der Waals surface area contributed by atoms with Crippen molar-refractivity contribution in [3.05, 3.63) is 24.3 Å². The summed E-state index contributed by atoms with van der Waals surface area (Å²) in [4.78, 5) is 70.0. The third-order valence-corrected chi connectivity index (χ3v) is 12.7. The lowest BCUT2D eigenvalue weighted by atomic mass is 9.79. The van der Waals surface area contributed by atoms with E-state index in [0.29, 0.717) is 59.9 Å². The molecule has 0 aromatic rings. The number of aliphatic hydroxyl groups excluding tert-OH is 1. The number of Topliss-reactive ketones (excluding diaryl/α,β-unsaturated/α-hetero) is 4. The van der Waals surface area contributed by atoms with E-state index in [-0.39, 0.29) is 83.0 Å². The molecule has 70 heavy (non-hydrogen) atoms. The highest BCUT2D eigenvalue weighted by molar-refractivity contribution is 5.80. The van der Waals surface area contributed by atoms with Gasteiger partial charge in [0.25, 0.3) is 0 Å². The predicted octanol–water partition coefficient (Wildman–Crippen LogP) is 14.4. The van der Waals surface area contributed by atoms with Gasteiger partial charge in [0.15, 0.2) is 0 Å². The fourth-order valence-electron chi connectivity index (χ4n) is 7.74. The molecule has 0 aliphatic carbocycles. The van der Waals surface area contributed by atoms with Crippen molar-refractivity contribution in [2.75, 3.05) is 13.7 Å². The summed E-state index contributed by atoms with van der Waals surface area (Å²) in [6.45, 7) is 33.2. The largest absolute Gasteiger partial charge is 0.399 e. The maximum absolute atomic E-state index is 11.5. The van der Waals surface area contributed by atoms with Gasteiger partial charge in [-0.3, -0.25) is 29.0 Å². The first-order valence-electron chi connectivity index (χ1n) is 25.9. The van der Waals surface area contributed by atoms with Crippen LogP contribution in [-0.2, 0) is 33.6 Å². The van der Waals surface area contributed by atoms with E-state index in [1.54, 1.807) is 39.3 Å². The van der Waals surface area contributed by atoms with Crippen molar-refractivity contribution in [3.63, 3.8) is 0 Å². The van der Waals surface area contributed by atoms with Gasteiger partial charge < -0.3 is 20.5 Å². The molecule has 0 heterocycles. The second-order valence-corrected chi connectivity index (χ2v) is 19.2. The molecule has 12 heteroatoms. The summed E-state index contributed by atoms with van der Waals surface area (Å²) in [6.07, 6.45) is 17.2. The first-order chi connectivity index (χ1) is 31.8. The second kappa shape index (κ2) is 48.8. The highest BCUT2D eigenvalue weighted by atomic mass is 16.6. The smallest absolute Gasteiger partial charge is 0.239 e. The van der Waals surface area contributed by atoms with E-state index in [4.69, 9.17) is 14.7 Å². The summed E-state index contributed by atoms with van der Waals surface area (Å²) in [5.41, 5.74) is 4.74. The van der Waals surface area contributed by atoms with Crippen LogP contribution in [0.2, 0.25) is 0 Å². The number of carbonyl (C=O) groups excluding carboxylic acids is 5. The Labute approximate surface area is 437 Å². The van der Waals surface area contributed by atoms with Gasteiger partial charge in [0.05, 0.1) is 6.10 Å². The summed E-state index contributed by atoms with van der Waals surface area (Å²) in [5.74, 6) is 2.91. The number of oxime groups is 2. The fourth-order valence-corrected chi connectivity index (χ4v) is 7.74. The number of hydrogen-bond donors (Lipinski definition) is 2. The molecular formula is C58H116N4O8. The first-order valence-corrected chi connectivity index (χ1v) is 24.4. The molecule has 0 rings (SSSR count). The number of amides is 1. The molecule has 0 fully saturated rings. The van der Waals surface area contributed by atoms with Gasteiger partial charge in [-0.25, -0.2) is 0 Å². The summed E-state index contributed by atoms with van der Waals surface area (Å²) in [7, 11) is 1.54. The van der Waals surface area contributed by atoms with Gasteiger partial charge in [0.1, 0.15) is 42.4 Å². The molecule has 416 valence electrons. The third-order valence-electron chi connectivity index (χ3n) is 12.7. The normalized spacial score (nSPS) is 17.2. The number of aliphatic hydroxyl groups is 1. The van der Waals surface area contributed by atoms with Gasteiger partial charge >= 0.3 is 0 Å². The lowest BCUT2D eigenvalue weighted by molar-refractivity contribution is -0.126. The van der Waals surface area contributed by atoms with Gasteiger partial charge in [0.2, 0.25) is 5.91 Å². The summed E-state index contributed by atoms with van der Waals surface area (Å²) >= 11 is 0. The molecule has 4 unspecified atom stereocenters. The quantitative estimate of drug-likeness (QED) is 0.0421. The molecule has 1 amide bonds. The molecule has 0 spiro atoms. The van der Waals surface area contributed by atoms with Crippen molar-refractivity contribution in [1.82, 2.24) is 0 Å². The van der Waals surface area contributed by atoms with Crippen LogP contribution in [0.15, 0.2) is 39.6 Å². The minimum absolute atomic E-state index is 0. The summed E-state index contributed by atoms with van der Waals surface area (Å²) in [5, 5.41) is 17.8. The minimum atomic E-state index is -2.06. The number of allylic oxidation sites excluding steroid dienone is 4. The topological polar surface area (TPSA) is 187 Å². The summed E-state index contributed by atoms with van der Waals surface area (Å²) < 4.78 is 21.0. The molecule has 0 aliphatic heterocycles. The van der Waals surface area contributed by atoms with Crippen molar-refractivity contribution in [2.45, 2.75) is 224 Å². The molecule has 12 nitrogen and oxygen atoms in total. The zero-order valence-electron chi connectivity index (χ0n) is 48.1. The number of nitrogens with zero attached hydrogens (tertiary/aromatic N) is 3. The van der Waals surface area contributed by atoms with Crippen molar-refractivity contribution in [1.29, 1.82) is 0 Å². The Hall–Kier alpha value is -3.80. The Morgan fingerprint density at radius 1 is 0.586 bits per heavy atom. The van der Waals surface area contributed by atoms with Crippen LogP contribution in [-0.4, -0.2) is 78.2 Å². The maximum Gasteiger partial charge on any atom is 0.239 e. The highest BCUT2D eigenvalue weighted by Gasteiger charge is 2.27. The number of ketones is 4. The van der Waals surface area contributed by atoms with Crippen molar-refractivity contribution in [2.24, 2.45) is 86.1 Å². The Balaban J connectivity index is -0.000000127. The van der Waals surface area contributed by atoms with Gasteiger partial charge in [-0.2, -0.15) is 0 Å². The van der Waals surface area contributed by atoms with Crippen LogP contribution >= 0.6 is 0 Å². The standard InChI is InChI=1S/C15H29NO2.C14H24O2.C13H24N2O2.C12H23NO2.4CH4/c1-8-14(13(4)17)12(3)11(2)9-10-16-18-15(5,6)7;1-5-7-8-9-10-11(3)14(16)13(6-2)12(4)15;1-5-12(11(4)16)10(3)9(2)6-7-15-8-13(14)17;1-6-12(11(4)14)10(3)9(2)7-8-13-15-5;;;;/h10-12,14H,8-9H2,1-7H3;5,7-9,11,13-14,16H,6,10H2,1-4H3;7,9-10,12H,5-6,8H2,1-4H3,(H2,14,17);8-10,12H,6-7H2,1-5H3;4*1H4/b16-10+;;;13-8-;;;;/t11-,12?,14+;11-,13-,14?;2*9-,10?,12+;;;;/m1111..../s1/i;1D3;;;;;;. The molecule has 0 radical (unpaired) electrons. The van der Waals surface area contributed by atoms with E-state index in [9.17, 15) is 29.1 Å². The average Bonchev–Trinajstić information content (AvgIpc) is 3.23. The van der Waals surface area contributed by atoms with E-state index in [1.807, 2.05) is 53.8 Å². The number of nitrogens with two attached hydrogens (primary N) is 1. The van der Waals surface area contributed by atoms with Gasteiger partial charge in [0, 0.05) is 40.2 Å². The van der Waals surface area contributed by atoms with Crippen LogP contribution in [0.25, 0.3) is 0 Å².